The third-order valence-electron chi connectivity index (χ3n) is 4.28. The van der Waals surface area contributed by atoms with E-state index in [1.54, 1.807) is 54.6 Å². The number of rotatable bonds is 7. The van der Waals surface area contributed by atoms with Gasteiger partial charge in [-0.05, 0) is 54.1 Å². The van der Waals surface area contributed by atoms with Crippen LogP contribution in [0.3, 0.4) is 0 Å². The van der Waals surface area contributed by atoms with Crippen molar-refractivity contribution in [3.8, 4) is 5.75 Å². The third kappa shape index (κ3) is 6.41. The van der Waals surface area contributed by atoms with Gasteiger partial charge in [0.1, 0.15) is 12.4 Å². The number of ether oxygens (including phenoxy) is 1. The van der Waals surface area contributed by atoms with Crippen molar-refractivity contribution in [3.63, 3.8) is 0 Å². The maximum atomic E-state index is 12.2. The van der Waals surface area contributed by atoms with E-state index in [9.17, 15) is 19.7 Å². The van der Waals surface area contributed by atoms with Crippen molar-refractivity contribution in [1.29, 1.82) is 0 Å². The molecular weight excluding hydrogens is 434 g/mol. The van der Waals surface area contributed by atoms with Gasteiger partial charge in [-0.2, -0.15) is 0 Å². The maximum absolute atomic E-state index is 12.2. The van der Waals surface area contributed by atoms with Crippen molar-refractivity contribution >= 4 is 35.2 Å². The van der Waals surface area contributed by atoms with Crippen LogP contribution in [0.1, 0.15) is 21.5 Å². The lowest BCUT2D eigenvalue weighted by Crippen LogP contribution is -2.40. The van der Waals surface area contributed by atoms with Crippen LogP contribution in [-0.2, 0) is 11.4 Å². The maximum Gasteiger partial charge on any atom is 0.276 e. The van der Waals surface area contributed by atoms with Gasteiger partial charge in [0.05, 0.1) is 10.5 Å². The molecule has 0 aliphatic heterocycles. The van der Waals surface area contributed by atoms with Crippen LogP contribution < -0.4 is 15.6 Å². The van der Waals surface area contributed by atoms with Gasteiger partial charge in [0.25, 0.3) is 17.5 Å². The molecule has 0 saturated carbocycles. The number of hydrogen-bond acceptors (Lipinski definition) is 5. The molecule has 0 aliphatic rings. The van der Waals surface area contributed by atoms with Gasteiger partial charge in [-0.15, -0.1) is 0 Å². The van der Waals surface area contributed by atoms with Crippen molar-refractivity contribution in [2.24, 2.45) is 0 Å². The Kier molecular flexibility index (Phi) is 7.55. The fraction of sp³-hybridized carbons (Fsp3) is 0.0435. The Hall–Kier alpha value is -4.17. The summed E-state index contributed by atoms with van der Waals surface area (Å²) in [5.74, 6) is -0.472. The van der Waals surface area contributed by atoms with Crippen LogP contribution in [-0.4, -0.2) is 16.7 Å². The largest absolute Gasteiger partial charge is 0.489 e. The molecule has 0 saturated heterocycles. The standard InChI is InChI=1S/C23H18ClN3O5/c24-19-10-12-20(13-11-19)32-15-16-5-7-18(8-6-16)23(29)26-25-22(28)14-9-17-3-1-2-4-21(17)27(30)31/h1-14H,15H2,(H,25,28)(H,26,29)/b14-9+. The Labute approximate surface area is 188 Å². The average Bonchev–Trinajstić information content (AvgIpc) is 2.81. The monoisotopic (exact) mass is 451 g/mol. The van der Waals surface area contributed by atoms with Gasteiger partial charge in [0.2, 0.25) is 0 Å². The van der Waals surface area contributed by atoms with Crippen LogP contribution in [0.5, 0.6) is 5.75 Å². The molecule has 0 aromatic heterocycles. The Morgan fingerprint density at radius 2 is 1.66 bits per heavy atom. The van der Waals surface area contributed by atoms with E-state index in [0.717, 1.165) is 11.6 Å². The van der Waals surface area contributed by atoms with Crippen LogP contribution in [0.2, 0.25) is 5.02 Å². The molecule has 9 heteroatoms. The van der Waals surface area contributed by atoms with E-state index in [-0.39, 0.29) is 11.3 Å². The number of para-hydroxylation sites is 1. The van der Waals surface area contributed by atoms with Crippen LogP contribution in [0.15, 0.2) is 78.9 Å². The molecule has 32 heavy (non-hydrogen) atoms. The first-order valence-electron chi connectivity index (χ1n) is 9.41. The van der Waals surface area contributed by atoms with Crippen LogP contribution >= 0.6 is 11.6 Å². The van der Waals surface area contributed by atoms with Gasteiger partial charge in [-0.1, -0.05) is 35.9 Å². The van der Waals surface area contributed by atoms with Gasteiger partial charge in [0.15, 0.2) is 0 Å². The molecule has 0 radical (unpaired) electrons. The lowest BCUT2D eigenvalue weighted by Gasteiger charge is -2.08. The molecule has 0 heterocycles. The molecule has 0 atom stereocenters. The van der Waals surface area contributed by atoms with E-state index < -0.39 is 16.7 Å². The second-order valence-corrected chi connectivity index (χ2v) is 6.97. The lowest BCUT2D eigenvalue weighted by molar-refractivity contribution is -0.385. The third-order valence-corrected chi connectivity index (χ3v) is 4.53. The summed E-state index contributed by atoms with van der Waals surface area (Å²) in [6.07, 6.45) is 2.40. The Morgan fingerprint density at radius 1 is 0.969 bits per heavy atom. The first-order chi connectivity index (χ1) is 15.4. The van der Waals surface area contributed by atoms with Crippen LogP contribution in [0.25, 0.3) is 6.08 Å². The molecule has 3 aromatic carbocycles. The molecule has 2 N–H and O–H groups in total. The van der Waals surface area contributed by atoms with E-state index in [1.807, 2.05) is 0 Å². The molecule has 162 valence electrons. The van der Waals surface area contributed by atoms with Gasteiger partial charge >= 0.3 is 0 Å². The van der Waals surface area contributed by atoms with Crippen molar-refractivity contribution in [2.45, 2.75) is 6.61 Å². The molecular formula is C23H18ClN3O5. The fourth-order valence-corrected chi connectivity index (χ4v) is 2.77. The minimum absolute atomic E-state index is 0.124. The highest BCUT2D eigenvalue weighted by Gasteiger charge is 2.10. The van der Waals surface area contributed by atoms with Gasteiger partial charge in [-0.25, -0.2) is 0 Å². The molecule has 0 unspecified atom stereocenters. The summed E-state index contributed by atoms with van der Waals surface area (Å²) in [5.41, 5.74) is 5.86. The minimum Gasteiger partial charge on any atom is -0.489 e. The highest BCUT2D eigenvalue weighted by Crippen LogP contribution is 2.19. The van der Waals surface area contributed by atoms with Crippen molar-refractivity contribution in [1.82, 2.24) is 10.9 Å². The van der Waals surface area contributed by atoms with Gasteiger partial charge in [-0.3, -0.25) is 30.6 Å². The zero-order chi connectivity index (χ0) is 22.9. The zero-order valence-corrected chi connectivity index (χ0v) is 17.4. The number of benzene rings is 3. The summed E-state index contributed by atoms with van der Waals surface area (Å²) in [7, 11) is 0. The number of nitro groups is 1. The van der Waals surface area contributed by atoms with Crippen LogP contribution in [0.4, 0.5) is 5.69 Å². The molecule has 3 rings (SSSR count). The summed E-state index contributed by atoms with van der Waals surface area (Å²) in [5, 5.41) is 11.6. The summed E-state index contributed by atoms with van der Waals surface area (Å²) in [6, 6.07) is 19.7. The van der Waals surface area contributed by atoms with E-state index >= 15 is 0 Å². The van der Waals surface area contributed by atoms with Gasteiger partial charge in [0, 0.05) is 22.7 Å². The molecule has 0 spiro atoms. The van der Waals surface area contributed by atoms with E-state index in [2.05, 4.69) is 10.9 Å². The molecule has 0 aliphatic carbocycles. The summed E-state index contributed by atoms with van der Waals surface area (Å²) < 4.78 is 5.65. The molecule has 0 bridgehead atoms. The SMILES string of the molecule is O=C(/C=C/c1ccccc1[N+](=O)[O-])NNC(=O)c1ccc(COc2ccc(Cl)cc2)cc1. The fourth-order valence-electron chi connectivity index (χ4n) is 2.64. The van der Waals surface area contributed by atoms with Crippen LogP contribution in [0, 0.1) is 10.1 Å². The summed E-state index contributed by atoms with van der Waals surface area (Å²) >= 11 is 5.84. The molecule has 0 fully saturated rings. The van der Waals surface area contributed by atoms with Crippen molar-refractivity contribution in [3.05, 3.63) is 111 Å². The Bertz CT molecular complexity index is 1150. The number of carbonyl (C=O) groups excluding carboxylic acids is 2. The minimum atomic E-state index is -0.635. The number of hydrogen-bond donors (Lipinski definition) is 2. The molecule has 2 amide bonds. The number of hydrazine groups is 1. The average molecular weight is 452 g/mol. The highest BCUT2D eigenvalue weighted by atomic mass is 35.5. The number of nitro benzene ring substituents is 1. The zero-order valence-electron chi connectivity index (χ0n) is 16.7. The molecule has 3 aromatic rings. The molecule has 8 nitrogen and oxygen atoms in total. The first kappa shape index (κ1) is 22.5. The summed E-state index contributed by atoms with van der Waals surface area (Å²) in [6.45, 7) is 0.316. The normalized spacial score (nSPS) is 10.5. The number of nitrogens with zero attached hydrogens (tertiary/aromatic N) is 1. The quantitative estimate of drug-likeness (QED) is 0.316. The van der Waals surface area contributed by atoms with E-state index in [0.29, 0.717) is 22.9 Å². The Balaban J connectivity index is 1.49. The predicted octanol–water partition coefficient (Wildman–Crippen LogP) is 4.30. The first-order valence-corrected chi connectivity index (χ1v) is 9.79. The Morgan fingerprint density at radius 3 is 2.34 bits per heavy atom. The summed E-state index contributed by atoms with van der Waals surface area (Å²) in [4.78, 5) is 34.6. The topological polar surface area (TPSA) is 111 Å². The van der Waals surface area contributed by atoms with E-state index in [1.165, 1.54) is 24.3 Å². The predicted molar refractivity (Wildman–Crippen MR) is 120 cm³/mol. The number of carbonyl (C=O) groups is 2. The highest BCUT2D eigenvalue weighted by molar-refractivity contribution is 6.30. The second-order valence-electron chi connectivity index (χ2n) is 6.53. The lowest BCUT2D eigenvalue weighted by atomic mass is 10.1. The van der Waals surface area contributed by atoms with Crippen molar-refractivity contribution < 1.29 is 19.2 Å². The second kappa shape index (κ2) is 10.7. The van der Waals surface area contributed by atoms with E-state index in [4.69, 9.17) is 16.3 Å². The number of nitrogens with one attached hydrogen (secondary N) is 2. The van der Waals surface area contributed by atoms with Gasteiger partial charge < -0.3 is 4.74 Å². The van der Waals surface area contributed by atoms with Crippen molar-refractivity contribution in [2.75, 3.05) is 0 Å². The number of amides is 2. The smallest absolute Gasteiger partial charge is 0.276 e. The number of halogens is 1.